The Morgan fingerprint density at radius 2 is 1.87 bits per heavy atom. The molecule has 2 aromatic carbocycles. The molecule has 4 rings (SSSR count). The SMILES string of the molecule is CCN(C(=O)c1cc2c(=O)oc3ccc(C)cc3c2s1)c1cccc(C(F)(F)F)c1. The van der Waals surface area contributed by atoms with Crippen LogP contribution in [0.3, 0.4) is 0 Å². The Kier molecular flexibility index (Phi) is 4.89. The van der Waals surface area contributed by atoms with Crippen molar-refractivity contribution in [3.05, 3.63) is 75.0 Å². The average Bonchev–Trinajstić information content (AvgIpc) is 3.15. The van der Waals surface area contributed by atoms with Crippen LogP contribution in [-0.4, -0.2) is 12.5 Å². The van der Waals surface area contributed by atoms with Crippen molar-refractivity contribution in [1.29, 1.82) is 0 Å². The Morgan fingerprint density at radius 3 is 2.57 bits per heavy atom. The van der Waals surface area contributed by atoms with Gasteiger partial charge in [-0.1, -0.05) is 17.7 Å². The number of nitrogens with zero attached hydrogens (tertiary/aromatic N) is 1. The lowest BCUT2D eigenvalue weighted by molar-refractivity contribution is -0.137. The Balaban J connectivity index is 1.82. The Bertz CT molecular complexity index is 1340. The van der Waals surface area contributed by atoms with E-state index in [4.69, 9.17) is 4.42 Å². The van der Waals surface area contributed by atoms with Gasteiger partial charge in [0.1, 0.15) is 5.58 Å². The summed E-state index contributed by atoms with van der Waals surface area (Å²) < 4.78 is 45.2. The van der Waals surface area contributed by atoms with Crippen LogP contribution < -0.4 is 10.5 Å². The molecule has 0 saturated heterocycles. The summed E-state index contributed by atoms with van der Waals surface area (Å²) >= 11 is 1.13. The Hall–Kier alpha value is -3.13. The number of aryl methyl sites for hydroxylation is 1. The molecule has 0 aliphatic rings. The zero-order valence-corrected chi connectivity index (χ0v) is 16.9. The molecule has 4 aromatic rings. The number of carbonyl (C=O) groups excluding carboxylic acids is 1. The minimum atomic E-state index is -4.51. The van der Waals surface area contributed by atoms with Crippen molar-refractivity contribution in [2.45, 2.75) is 20.0 Å². The zero-order chi connectivity index (χ0) is 21.6. The molecule has 4 nitrogen and oxygen atoms in total. The monoisotopic (exact) mass is 431 g/mol. The number of hydrogen-bond donors (Lipinski definition) is 0. The maximum atomic E-state index is 13.1. The molecule has 2 aromatic heterocycles. The van der Waals surface area contributed by atoms with Gasteiger partial charge in [0.2, 0.25) is 0 Å². The van der Waals surface area contributed by atoms with E-state index in [1.165, 1.54) is 23.1 Å². The molecule has 0 unspecified atom stereocenters. The predicted octanol–water partition coefficient (Wildman–Crippen LogP) is 6.00. The lowest BCUT2D eigenvalue weighted by atomic mass is 10.1. The van der Waals surface area contributed by atoms with Crippen LogP contribution in [0.5, 0.6) is 0 Å². The number of fused-ring (bicyclic) bond motifs is 3. The molecule has 0 bridgehead atoms. The smallest absolute Gasteiger partial charge is 0.416 e. The van der Waals surface area contributed by atoms with Crippen molar-refractivity contribution >= 4 is 44.0 Å². The average molecular weight is 431 g/mol. The Morgan fingerprint density at radius 1 is 1.10 bits per heavy atom. The van der Waals surface area contributed by atoms with Gasteiger partial charge in [-0.15, -0.1) is 11.3 Å². The van der Waals surface area contributed by atoms with Gasteiger partial charge in [0.25, 0.3) is 5.91 Å². The van der Waals surface area contributed by atoms with Crippen molar-refractivity contribution in [2.75, 3.05) is 11.4 Å². The zero-order valence-electron chi connectivity index (χ0n) is 16.0. The van der Waals surface area contributed by atoms with Crippen LogP contribution in [-0.2, 0) is 6.18 Å². The van der Waals surface area contributed by atoms with Gasteiger partial charge in [-0.25, -0.2) is 4.79 Å². The molecule has 1 amide bonds. The number of carbonyl (C=O) groups is 1. The third-order valence-electron chi connectivity index (χ3n) is 4.79. The van der Waals surface area contributed by atoms with Gasteiger partial charge in [-0.3, -0.25) is 4.79 Å². The van der Waals surface area contributed by atoms with E-state index >= 15 is 0 Å². The van der Waals surface area contributed by atoms with Gasteiger partial charge in [0, 0.05) is 17.6 Å². The predicted molar refractivity (Wildman–Crippen MR) is 111 cm³/mol. The second-order valence-corrected chi connectivity index (χ2v) is 7.89. The summed E-state index contributed by atoms with van der Waals surface area (Å²) in [6.45, 7) is 3.75. The molecule has 0 atom stereocenters. The minimum Gasteiger partial charge on any atom is -0.422 e. The van der Waals surface area contributed by atoms with Gasteiger partial charge in [0.05, 0.1) is 20.5 Å². The van der Waals surface area contributed by atoms with E-state index in [0.29, 0.717) is 10.3 Å². The standard InChI is InChI=1S/C22H16F3NO3S/c1-3-26(14-6-4-5-13(10-14)22(23,24)25)20(27)18-11-16-19(30-18)15-9-12(2)7-8-17(15)29-21(16)28/h4-11H,3H2,1-2H3. The van der Waals surface area contributed by atoms with E-state index in [-0.39, 0.29) is 22.5 Å². The van der Waals surface area contributed by atoms with Crippen molar-refractivity contribution in [1.82, 2.24) is 0 Å². The summed E-state index contributed by atoms with van der Waals surface area (Å²) in [5, 5.41) is 0.998. The lowest BCUT2D eigenvalue weighted by Crippen LogP contribution is -2.30. The van der Waals surface area contributed by atoms with Crippen molar-refractivity contribution in [2.24, 2.45) is 0 Å². The van der Waals surface area contributed by atoms with Crippen LogP contribution in [0.1, 0.15) is 27.7 Å². The minimum absolute atomic E-state index is 0.141. The molecule has 154 valence electrons. The topological polar surface area (TPSA) is 50.5 Å². The van der Waals surface area contributed by atoms with Crippen LogP contribution in [0.15, 0.2) is 57.7 Å². The summed E-state index contributed by atoms with van der Waals surface area (Å²) in [5.41, 5.74) is 0.147. The first-order valence-electron chi connectivity index (χ1n) is 9.15. The first-order chi connectivity index (χ1) is 14.2. The second kappa shape index (κ2) is 7.28. The van der Waals surface area contributed by atoms with Crippen LogP contribution in [0.25, 0.3) is 21.1 Å². The van der Waals surface area contributed by atoms with Crippen molar-refractivity contribution in [3.8, 4) is 0 Å². The number of benzene rings is 2. The summed E-state index contributed by atoms with van der Waals surface area (Å²) in [5.74, 6) is -0.474. The highest BCUT2D eigenvalue weighted by atomic mass is 32.1. The highest BCUT2D eigenvalue weighted by molar-refractivity contribution is 7.21. The maximum absolute atomic E-state index is 13.1. The molecular formula is C22H16F3NO3S. The van der Waals surface area contributed by atoms with Crippen LogP contribution in [0, 0.1) is 6.92 Å². The number of halogens is 3. The maximum Gasteiger partial charge on any atom is 0.416 e. The number of amides is 1. The summed E-state index contributed by atoms with van der Waals surface area (Å²) in [6.07, 6.45) is -4.51. The Labute approximate surface area is 173 Å². The fourth-order valence-corrected chi connectivity index (χ4v) is 4.46. The highest BCUT2D eigenvalue weighted by Crippen LogP contribution is 2.34. The van der Waals surface area contributed by atoms with E-state index in [1.807, 2.05) is 19.1 Å². The lowest BCUT2D eigenvalue weighted by Gasteiger charge is -2.21. The van der Waals surface area contributed by atoms with Crippen LogP contribution >= 0.6 is 11.3 Å². The fraction of sp³-hybridized carbons (Fsp3) is 0.182. The third-order valence-corrected chi connectivity index (χ3v) is 5.95. The number of rotatable bonds is 3. The largest absolute Gasteiger partial charge is 0.422 e. The number of anilines is 1. The summed E-state index contributed by atoms with van der Waals surface area (Å²) in [7, 11) is 0. The van der Waals surface area contributed by atoms with Crippen LogP contribution in [0.4, 0.5) is 18.9 Å². The quantitative estimate of drug-likeness (QED) is 0.374. The van der Waals surface area contributed by atoms with E-state index in [9.17, 15) is 22.8 Å². The molecule has 8 heteroatoms. The van der Waals surface area contributed by atoms with E-state index in [2.05, 4.69) is 0 Å². The summed E-state index contributed by atoms with van der Waals surface area (Å²) in [6, 6.07) is 11.5. The molecule has 30 heavy (non-hydrogen) atoms. The van der Waals surface area contributed by atoms with Crippen LogP contribution in [0.2, 0.25) is 0 Å². The molecule has 0 spiro atoms. The molecule has 0 saturated carbocycles. The van der Waals surface area contributed by atoms with Gasteiger partial charge in [-0.05, 0) is 50.2 Å². The van der Waals surface area contributed by atoms with E-state index in [0.717, 1.165) is 34.4 Å². The normalized spacial score (nSPS) is 11.9. The number of alkyl halides is 3. The van der Waals surface area contributed by atoms with Gasteiger partial charge in [0.15, 0.2) is 0 Å². The summed E-state index contributed by atoms with van der Waals surface area (Å²) in [4.78, 5) is 27.0. The molecule has 0 radical (unpaired) electrons. The molecule has 0 fully saturated rings. The van der Waals surface area contributed by atoms with Gasteiger partial charge >= 0.3 is 11.8 Å². The molecule has 2 heterocycles. The first kappa shape index (κ1) is 20.2. The number of hydrogen-bond acceptors (Lipinski definition) is 4. The van der Waals surface area contributed by atoms with E-state index in [1.54, 1.807) is 13.0 Å². The molecule has 0 N–H and O–H groups in total. The van der Waals surface area contributed by atoms with Gasteiger partial charge < -0.3 is 9.32 Å². The second-order valence-electron chi connectivity index (χ2n) is 6.84. The fourth-order valence-electron chi connectivity index (χ4n) is 3.34. The molecule has 0 aliphatic carbocycles. The molecule has 0 aliphatic heterocycles. The van der Waals surface area contributed by atoms with Crippen molar-refractivity contribution in [3.63, 3.8) is 0 Å². The number of thiophene rings is 1. The third kappa shape index (κ3) is 3.47. The molecular weight excluding hydrogens is 415 g/mol. The first-order valence-corrected chi connectivity index (χ1v) is 9.97. The van der Waals surface area contributed by atoms with E-state index < -0.39 is 23.3 Å². The van der Waals surface area contributed by atoms with Gasteiger partial charge in [-0.2, -0.15) is 13.2 Å². The highest BCUT2D eigenvalue weighted by Gasteiger charge is 2.31. The van der Waals surface area contributed by atoms with Crippen molar-refractivity contribution < 1.29 is 22.4 Å².